The van der Waals surface area contributed by atoms with Crippen LogP contribution in [-0.4, -0.2) is 20.1 Å². The van der Waals surface area contributed by atoms with Crippen LogP contribution in [0.1, 0.15) is 12.0 Å². The number of rotatable bonds is 3. The highest BCUT2D eigenvalue weighted by molar-refractivity contribution is 7.94. The van der Waals surface area contributed by atoms with Crippen molar-refractivity contribution in [3.05, 3.63) is 40.3 Å². The van der Waals surface area contributed by atoms with E-state index in [0.29, 0.717) is 10.8 Å². The van der Waals surface area contributed by atoms with Crippen molar-refractivity contribution >= 4 is 27.4 Å². The standard InChI is InChI=1S/C13H13ClO4S/c1-9-6-11(2-3-12(9)14)18-13(15)7-10-4-5-19(16,17)8-10/h2-6,10H,7-8H2,1H3/t10-/m1/s1. The van der Waals surface area contributed by atoms with Gasteiger partial charge in [-0.25, -0.2) is 8.42 Å². The van der Waals surface area contributed by atoms with Gasteiger partial charge in [0.2, 0.25) is 0 Å². The smallest absolute Gasteiger partial charge is 0.311 e. The summed E-state index contributed by atoms with van der Waals surface area (Å²) in [5.74, 6) is -0.363. The number of aryl methyl sites for hydroxylation is 1. The molecule has 0 aliphatic carbocycles. The Kier molecular flexibility index (Phi) is 3.96. The Morgan fingerprint density at radius 1 is 1.47 bits per heavy atom. The molecule has 0 fully saturated rings. The van der Waals surface area contributed by atoms with E-state index >= 15 is 0 Å². The zero-order valence-electron chi connectivity index (χ0n) is 10.3. The number of halogens is 1. The van der Waals surface area contributed by atoms with Crippen molar-refractivity contribution in [2.75, 3.05) is 5.75 Å². The first-order valence-corrected chi connectivity index (χ1v) is 7.83. The molecule has 1 aliphatic heterocycles. The van der Waals surface area contributed by atoms with E-state index in [1.165, 1.54) is 6.08 Å². The zero-order chi connectivity index (χ0) is 14.0. The topological polar surface area (TPSA) is 60.4 Å². The SMILES string of the molecule is Cc1cc(OC(=O)C[C@H]2C=CS(=O)(=O)C2)ccc1Cl. The van der Waals surface area contributed by atoms with Crippen LogP contribution in [-0.2, 0) is 14.6 Å². The number of carbonyl (C=O) groups is 1. The number of esters is 1. The molecule has 0 radical (unpaired) electrons. The van der Waals surface area contributed by atoms with Crippen LogP contribution in [0.25, 0.3) is 0 Å². The van der Waals surface area contributed by atoms with Crippen molar-refractivity contribution in [2.24, 2.45) is 5.92 Å². The van der Waals surface area contributed by atoms with Crippen LogP contribution in [0.4, 0.5) is 0 Å². The van der Waals surface area contributed by atoms with Gasteiger partial charge in [0.05, 0.1) is 12.2 Å². The van der Waals surface area contributed by atoms with Crippen LogP contribution in [0.2, 0.25) is 5.02 Å². The molecule has 0 amide bonds. The molecule has 19 heavy (non-hydrogen) atoms. The average Bonchev–Trinajstić information content (AvgIpc) is 2.63. The second kappa shape index (κ2) is 5.35. The van der Waals surface area contributed by atoms with Gasteiger partial charge in [0.25, 0.3) is 0 Å². The maximum absolute atomic E-state index is 11.7. The number of carbonyl (C=O) groups excluding carboxylic acids is 1. The average molecular weight is 301 g/mol. The molecule has 1 aromatic rings. The fraction of sp³-hybridized carbons (Fsp3) is 0.308. The van der Waals surface area contributed by atoms with E-state index in [1.54, 1.807) is 18.2 Å². The van der Waals surface area contributed by atoms with Gasteiger partial charge in [-0.1, -0.05) is 17.7 Å². The van der Waals surface area contributed by atoms with Crippen LogP contribution >= 0.6 is 11.6 Å². The van der Waals surface area contributed by atoms with Gasteiger partial charge in [-0.3, -0.25) is 4.79 Å². The molecule has 0 N–H and O–H groups in total. The summed E-state index contributed by atoms with van der Waals surface area (Å²) in [5, 5.41) is 1.75. The van der Waals surface area contributed by atoms with E-state index in [4.69, 9.17) is 16.3 Å². The number of allylic oxidation sites excluding steroid dienone is 1. The van der Waals surface area contributed by atoms with Crippen LogP contribution < -0.4 is 4.74 Å². The summed E-state index contributed by atoms with van der Waals surface area (Å²) in [6.07, 6.45) is 1.58. The lowest BCUT2D eigenvalue weighted by molar-refractivity contribution is -0.134. The predicted molar refractivity (Wildman–Crippen MR) is 72.9 cm³/mol. The van der Waals surface area contributed by atoms with Crippen molar-refractivity contribution < 1.29 is 17.9 Å². The molecule has 0 bridgehead atoms. The summed E-state index contributed by atoms with van der Waals surface area (Å²) in [6, 6.07) is 4.93. The maximum Gasteiger partial charge on any atom is 0.311 e. The molecule has 0 aromatic heterocycles. The normalized spacial score (nSPS) is 20.4. The van der Waals surface area contributed by atoms with E-state index < -0.39 is 15.8 Å². The van der Waals surface area contributed by atoms with Crippen molar-refractivity contribution in [1.29, 1.82) is 0 Å². The molecule has 1 atom stereocenters. The third-order valence-corrected chi connectivity index (χ3v) is 4.68. The lowest BCUT2D eigenvalue weighted by atomic mass is 10.1. The van der Waals surface area contributed by atoms with Crippen molar-refractivity contribution in [3.8, 4) is 5.75 Å². The molecule has 1 aromatic carbocycles. The third kappa shape index (κ3) is 3.81. The lowest BCUT2D eigenvalue weighted by Crippen LogP contribution is -2.15. The Hall–Kier alpha value is -1.33. The van der Waals surface area contributed by atoms with Crippen LogP contribution in [0.15, 0.2) is 29.7 Å². The van der Waals surface area contributed by atoms with Gasteiger partial charge in [0, 0.05) is 16.3 Å². The first-order chi connectivity index (χ1) is 8.85. The number of hydrogen-bond acceptors (Lipinski definition) is 4. The zero-order valence-corrected chi connectivity index (χ0v) is 11.9. The van der Waals surface area contributed by atoms with Gasteiger partial charge in [-0.15, -0.1) is 0 Å². The highest BCUT2D eigenvalue weighted by Crippen LogP contribution is 2.23. The fourth-order valence-corrected chi connectivity index (χ4v) is 3.35. The molecule has 4 nitrogen and oxygen atoms in total. The first kappa shape index (κ1) is 14.1. The highest BCUT2D eigenvalue weighted by atomic mass is 35.5. The van der Waals surface area contributed by atoms with Gasteiger partial charge in [-0.05, 0) is 30.7 Å². The second-order valence-corrected chi connectivity index (χ2v) is 6.85. The molecule has 1 heterocycles. The van der Waals surface area contributed by atoms with Crippen molar-refractivity contribution in [2.45, 2.75) is 13.3 Å². The van der Waals surface area contributed by atoms with Crippen LogP contribution in [0.5, 0.6) is 5.75 Å². The van der Waals surface area contributed by atoms with E-state index in [-0.39, 0.29) is 18.1 Å². The minimum atomic E-state index is -3.13. The van der Waals surface area contributed by atoms with E-state index in [0.717, 1.165) is 11.0 Å². The number of ether oxygens (including phenoxy) is 1. The Labute approximate surface area is 116 Å². The van der Waals surface area contributed by atoms with E-state index in [9.17, 15) is 13.2 Å². The largest absolute Gasteiger partial charge is 0.427 e. The Morgan fingerprint density at radius 2 is 2.21 bits per heavy atom. The monoisotopic (exact) mass is 300 g/mol. The van der Waals surface area contributed by atoms with Gasteiger partial charge in [-0.2, -0.15) is 0 Å². The summed E-state index contributed by atoms with van der Waals surface area (Å²) in [4.78, 5) is 11.7. The molecule has 102 valence electrons. The minimum Gasteiger partial charge on any atom is -0.427 e. The Bertz CT molecular complexity index is 634. The third-order valence-electron chi connectivity index (χ3n) is 2.79. The summed E-state index contributed by atoms with van der Waals surface area (Å²) in [7, 11) is -3.13. The highest BCUT2D eigenvalue weighted by Gasteiger charge is 2.24. The van der Waals surface area contributed by atoms with E-state index in [1.807, 2.05) is 6.92 Å². The number of sulfone groups is 1. The summed E-state index contributed by atoms with van der Waals surface area (Å²) < 4.78 is 27.6. The van der Waals surface area contributed by atoms with Gasteiger partial charge < -0.3 is 4.74 Å². The molecule has 0 saturated carbocycles. The first-order valence-electron chi connectivity index (χ1n) is 5.73. The van der Waals surface area contributed by atoms with Gasteiger partial charge in [0.1, 0.15) is 5.75 Å². The number of hydrogen-bond donors (Lipinski definition) is 0. The fourth-order valence-electron chi connectivity index (χ4n) is 1.84. The summed E-state index contributed by atoms with van der Waals surface area (Å²) in [6.45, 7) is 1.81. The molecular formula is C13H13ClO4S. The van der Waals surface area contributed by atoms with Gasteiger partial charge >= 0.3 is 5.97 Å². The molecule has 0 unspecified atom stereocenters. The molecular weight excluding hydrogens is 288 g/mol. The van der Waals surface area contributed by atoms with Crippen molar-refractivity contribution in [1.82, 2.24) is 0 Å². The summed E-state index contributed by atoms with van der Waals surface area (Å²) >= 11 is 5.87. The minimum absolute atomic E-state index is 0.0260. The molecule has 0 saturated heterocycles. The molecule has 0 spiro atoms. The molecule has 2 rings (SSSR count). The quantitative estimate of drug-likeness (QED) is 0.635. The van der Waals surface area contributed by atoms with Crippen LogP contribution in [0, 0.1) is 12.8 Å². The summed E-state index contributed by atoms with van der Waals surface area (Å²) in [5.41, 5.74) is 0.815. The lowest BCUT2D eigenvalue weighted by Gasteiger charge is -2.08. The second-order valence-electron chi connectivity index (χ2n) is 4.51. The molecule has 6 heteroatoms. The molecule has 1 aliphatic rings. The predicted octanol–water partition coefficient (Wildman–Crippen LogP) is 2.50. The van der Waals surface area contributed by atoms with Crippen molar-refractivity contribution in [3.63, 3.8) is 0 Å². The Balaban J connectivity index is 1.95. The van der Waals surface area contributed by atoms with Crippen LogP contribution in [0.3, 0.4) is 0 Å². The van der Waals surface area contributed by atoms with Gasteiger partial charge in [0.15, 0.2) is 9.84 Å². The number of benzene rings is 1. The maximum atomic E-state index is 11.7. The Morgan fingerprint density at radius 3 is 2.79 bits per heavy atom. The van der Waals surface area contributed by atoms with E-state index in [2.05, 4.69) is 0 Å².